The van der Waals surface area contributed by atoms with E-state index in [0.717, 1.165) is 11.3 Å². The van der Waals surface area contributed by atoms with Gasteiger partial charge in [-0.3, -0.25) is 14.8 Å². The third kappa shape index (κ3) is 3.91. The van der Waals surface area contributed by atoms with Gasteiger partial charge in [0.15, 0.2) is 0 Å². The summed E-state index contributed by atoms with van der Waals surface area (Å²) in [6.07, 6.45) is 2.87. The molecular formula is C19H20N4O3S. The molecule has 7 nitrogen and oxygen atoms in total. The Kier molecular flexibility index (Phi) is 5.11. The van der Waals surface area contributed by atoms with Crippen LogP contribution in [0.3, 0.4) is 0 Å². The van der Waals surface area contributed by atoms with Crippen LogP contribution in [0.1, 0.15) is 27.2 Å². The van der Waals surface area contributed by atoms with Crippen molar-refractivity contribution < 1.29 is 13.2 Å². The van der Waals surface area contributed by atoms with E-state index in [4.69, 9.17) is 0 Å². The first-order valence-electron chi connectivity index (χ1n) is 8.27. The molecular weight excluding hydrogens is 364 g/mol. The summed E-state index contributed by atoms with van der Waals surface area (Å²) in [5.74, 6) is -0.609. The largest absolute Gasteiger partial charge is 0.295 e. The molecule has 1 amide bonds. The van der Waals surface area contributed by atoms with Gasteiger partial charge in [0.2, 0.25) is 0 Å². The number of imidazole rings is 1. The van der Waals surface area contributed by atoms with Crippen molar-refractivity contribution >= 4 is 15.9 Å². The molecule has 27 heavy (non-hydrogen) atoms. The number of benzene rings is 2. The van der Waals surface area contributed by atoms with Crippen molar-refractivity contribution in [3.05, 3.63) is 77.4 Å². The lowest BCUT2D eigenvalue weighted by Gasteiger charge is -2.14. The fourth-order valence-electron chi connectivity index (χ4n) is 3.08. The molecule has 0 aliphatic carbocycles. The highest BCUT2D eigenvalue weighted by Gasteiger charge is 2.22. The summed E-state index contributed by atoms with van der Waals surface area (Å²) < 4.78 is 26.9. The number of sulfonamides is 1. The Hall–Kier alpha value is -2.97. The van der Waals surface area contributed by atoms with Gasteiger partial charge in [-0.2, -0.15) is 0 Å². The topological polar surface area (TPSA) is 93.1 Å². The Morgan fingerprint density at radius 2 is 1.67 bits per heavy atom. The monoisotopic (exact) mass is 384 g/mol. The van der Waals surface area contributed by atoms with E-state index in [1.165, 1.54) is 12.5 Å². The Morgan fingerprint density at radius 3 is 2.30 bits per heavy atom. The molecule has 3 aromatic rings. The molecule has 1 aromatic heterocycles. The first-order valence-corrected chi connectivity index (χ1v) is 9.75. The van der Waals surface area contributed by atoms with Crippen LogP contribution in [-0.4, -0.2) is 23.9 Å². The van der Waals surface area contributed by atoms with E-state index in [-0.39, 0.29) is 10.6 Å². The summed E-state index contributed by atoms with van der Waals surface area (Å²) in [4.78, 5) is 18.8. The standard InChI is InChI=1S/C19H20N4O3S/c1-13-9-14(2)18(15(3)10-13)27(25,26)22-21-19(24)17-11-20-12-23(17)16-7-5-4-6-8-16/h4-12,22H,1-3H3,(H,21,24). The third-order valence-corrected chi connectivity index (χ3v) is 5.63. The van der Waals surface area contributed by atoms with Crippen LogP contribution in [0.2, 0.25) is 0 Å². The van der Waals surface area contributed by atoms with Crippen molar-refractivity contribution in [2.45, 2.75) is 25.7 Å². The van der Waals surface area contributed by atoms with Gasteiger partial charge < -0.3 is 0 Å². The van der Waals surface area contributed by atoms with Crippen LogP contribution in [0, 0.1) is 20.8 Å². The Morgan fingerprint density at radius 1 is 1.04 bits per heavy atom. The number of carbonyl (C=O) groups excluding carboxylic acids is 1. The average Bonchev–Trinajstić information content (AvgIpc) is 3.09. The lowest BCUT2D eigenvalue weighted by molar-refractivity contribution is 0.0938. The van der Waals surface area contributed by atoms with Crippen molar-refractivity contribution in [2.75, 3.05) is 0 Å². The summed E-state index contributed by atoms with van der Waals surface area (Å²) >= 11 is 0. The normalized spacial score (nSPS) is 11.4. The van der Waals surface area contributed by atoms with Crippen molar-refractivity contribution in [2.24, 2.45) is 0 Å². The number of nitrogens with zero attached hydrogens (tertiary/aromatic N) is 2. The van der Waals surface area contributed by atoms with Gasteiger partial charge in [0.25, 0.3) is 15.9 Å². The second kappa shape index (κ2) is 7.34. The minimum Gasteiger partial charge on any atom is -0.295 e. The molecule has 1 heterocycles. The summed E-state index contributed by atoms with van der Waals surface area (Å²) in [7, 11) is -3.91. The Labute approximate surface area is 158 Å². The van der Waals surface area contributed by atoms with Crippen LogP contribution < -0.4 is 10.3 Å². The van der Waals surface area contributed by atoms with Crippen LogP contribution in [0.5, 0.6) is 0 Å². The second-order valence-electron chi connectivity index (χ2n) is 6.27. The molecule has 0 aliphatic rings. The fourth-order valence-corrected chi connectivity index (χ4v) is 4.37. The zero-order valence-electron chi connectivity index (χ0n) is 15.2. The zero-order chi connectivity index (χ0) is 19.6. The lowest BCUT2D eigenvalue weighted by Crippen LogP contribution is -2.42. The van der Waals surface area contributed by atoms with Crippen molar-refractivity contribution in [1.29, 1.82) is 0 Å². The molecule has 0 aliphatic heterocycles. The maximum atomic E-state index is 12.7. The number of rotatable bonds is 5. The number of para-hydroxylation sites is 1. The van der Waals surface area contributed by atoms with Gasteiger partial charge in [-0.05, 0) is 44.0 Å². The van der Waals surface area contributed by atoms with Gasteiger partial charge >= 0.3 is 0 Å². The predicted molar refractivity (Wildman–Crippen MR) is 102 cm³/mol. The molecule has 0 saturated carbocycles. The summed E-state index contributed by atoms with van der Waals surface area (Å²) in [5, 5.41) is 0. The number of amides is 1. The summed E-state index contributed by atoms with van der Waals surface area (Å²) in [6, 6.07) is 12.7. The number of carbonyl (C=O) groups is 1. The highest BCUT2D eigenvalue weighted by atomic mass is 32.2. The maximum absolute atomic E-state index is 12.7. The third-order valence-electron chi connectivity index (χ3n) is 4.08. The van der Waals surface area contributed by atoms with Crippen LogP contribution in [-0.2, 0) is 10.0 Å². The molecule has 2 aromatic carbocycles. The van der Waals surface area contributed by atoms with Crippen molar-refractivity contribution in [3.8, 4) is 5.69 Å². The minimum absolute atomic E-state index is 0.157. The molecule has 0 fully saturated rings. The highest BCUT2D eigenvalue weighted by Crippen LogP contribution is 2.21. The molecule has 140 valence electrons. The number of hydrogen-bond donors (Lipinski definition) is 2. The Balaban J connectivity index is 1.82. The van der Waals surface area contributed by atoms with E-state index in [1.54, 1.807) is 30.5 Å². The molecule has 0 atom stereocenters. The van der Waals surface area contributed by atoms with E-state index in [2.05, 4.69) is 15.2 Å². The number of hydrazine groups is 1. The van der Waals surface area contributed by atoms with Crippen LogP contribution in [0.15, 0.2) is 59.9 Å². The van der Waals surface area contributed by atoms with E-state index in [1.807, 2.05) is 37.3 Å². The maximum Gasteiger partial charge on any atom is 0.284 e. The fraction of sp³-hybridized carbons (Fsp3) is 0.158. The molecule has 0 saturated heterocycles. The number of hydrogen-bond acceptors (Lipinski definition) is 4. The molecule has 0 spiro atoms. The molecule has 0 radical (unpaired) electrons. The van der Waals surface area contributed by atoms with E-state index >= 15 is 0 Å². The molecule has 2 N–H and O–H groups in total. The second-order valence-corrected chi connectivity index (χ2v) is 7.89. The molecule has 0 bridgehead atoms. The average molecular weight is 384 g/mol. The van der Waals surface area contributed by atoms with Crippen LogP contribution in [0.25, 0.3) is 5.69 Å². The van der Waals surface area contributed by atoms with Crippen LogP contribution in [0.4, 0.5) is 0 Å². The van der Waals surface area contributed by atoms with E-state index in [0.29, 0.717) is 11.1 Å². The Bertz CT molecular complexity index is 1070. The molecule has 0 unspecified atom stereocenters. The molecule has 8 heteroatoms. The first-order chi connectivity index (χ1) is 12.8. The van der Waals surface area contributed by atoms with Crippen molar-refractivity contribution in [3.63, 3.8) is 0 Å². The van der Waals surface area contributed by atoms with Gasteiger partial charge in [-0.25, -0.2) is 13.4 Å². The quantitative estimate of drug-likeness (QED) is 0.661. The number of aryl methyl sites for hydroxylation is 3. The van der Waals surface area contributed by atoms with Gasteiger partial charge in [0, 0.05) is 5.69 Å². The summed E-state index contributed by atoms with van der Waals surface area (Å²) in [6.45, 7) is 5.35. The SMILES string of the molecule is Cc1cc(C)c(S(=O)(=O)NNC(=O)c2cncn2-c2ccccc2)c(C)c1. The van der Waals surface area contributed by atoms with Crippen molar-refractivity contribution in [1.82, 2.24) is 19.8 Å². The van der Waals surface area contributed by atoms with E-state index < -0.39 is 15.9 Å². The van der Waals surface area contributed by atoms with Gasteiger partial charge in [0.1, 0.15) is 5.69 Å². The van der Waals surface area contributed by atoms with Gasteiger partial charge in [-0.1, -0.05) is 35.9 Å². The summed E-state index contributed by atoms with van der Waals surface area (Å²) in [5.41, 5.74) is 5.42. The predicted octanol–water partition coefficient (Wildman–Crippen LogP) is 2.42. The molecule has 3 rings (SSSR count). The smallest absolute Gasteiger partial charge is 0.284 e. The minimum atomic E-state index is -3.91. The van der Waals surface area contributed by atoms with Gasteiger partial charge in [0.05, 0.1) is 17.4 Å². The number of nitrogens with one attached hydrogen (secondary N) is 2. The first kappa shape index (κ1) is 18.8. The zero-order valence-corrected chi connectivity index (χ0v) is 16.0. The number of aromatic nitrogens is 2. The van der Waals surface area contributed by atoms with Gasteiger partial charge in [-0.15, -0.1) is 4.83 Å². The van der Waals surface area contributed by atoms with E-state index in [9.17, 15) is 13.2 Å². The van der Waals surface area contributed by atoms with Crippen LogP contribution >= 0.6 is 0 Å². The lowest BCUT2D eigenvalue weighted by atomic mass is 10.1. The highest BCUT2D eigenvalue weighted by molar-refractivity contribution is 7.89.